The van der Waals surface area contributed by atoms with E-state index in [1.165, 1.54) is 0 Å². The van der Waals surface area contributed by atoms with Crippen LogP contribution in [0, 0.1) is 0 Å². The van der Waals surface area contributed by atoms with Gasteiger partial charge in [-0.15, -0.1) is 0 Å². The average molecular weight is 192 g/mol. The van der Waals surface area contributed by atoms with E-state index in [0.29, 0.717) is 0 Å². The molecule has 1 saturated heterocycles. The minimum absolute atomic E-state index is 1.26. The van der Waals surface area contributed by atoms with Crippen molar-refractivity contribution in [2.24, 2.45) is 0 Å². The monoisotopic (exact) mass is 192 g/mol. The van der Waals surface area contributed by atoms with Gasteiger partial charge in [0.25, 0.3) is 0 Å². The fourth-order valence-electron chi connectivity index (χ4n) is 0.966. The summed E-state index contributed by atoms with van der Waals surface area (Å²) >= 11 is 0. The number of cyclic esters (lactones) is 1. The Kier molecular flexibility index (Phi) is 2.50. The number of hydrogen-bond donors (Lipinski definition) is 4. The van der Waals surface area contributed by atoms with Crippen LogP contribution in [0.15, 0.2) is 0 Å². The molecule has 0 aromatic rings. The maximum absolute atomic E-state index is 10.7. The smallest absolute Gasteiger partial charge is 0.347 e. The number of carbonyl (C=O) groups excluding carboxylic acids is 1. The highest BCUT2D eigenvalue weighted by Crippen LogP contribution is 2.16. The predicted molar refractivity (Wildman–Crippen MR) is 35.5 cm³/mol. The van der Waals surface area contributed by atoms with Crippen LogP contribution in [0.2, 0.25) is 0 Å². The molecule has 0 bridgehead atoms. The van der Waals surface area contributed by atoms with Gasteiger partial charge in [-0.1, -0.05) is 0 Å². The molecular weight excluding hydrogens is 184 g/mol. The summed E-state index contributed by atoms with van der Waals surface area (Å²) in [6, 6.07) is 0. The van der Waals surface area contributed by atoms with Crippen LogP contribution in [0.5, 0.6) is 0 Å². The molecule has 1 aliphatic rings. The molecule has 1 heterocycles. The summed E-state index contributed by atoms with van der Waals surface area (Å²) in [6.07, 6.45) is -7.37. The van der Waals surface area contributed by atoms with Gasteiger partial charge in [0.2, 0.25) is 6.10 Å². The van der Waals surface area contributed by atoms with E-state index in [-0.39, 0.29) is 0 Å². The summed E-state index contributed by atoms with van der Waals surface area (Å²) in [4.78, 5) is 21.0. The zero-order valence-electron chi connectivity index (χ0n) is 6.32. The van der Waals surface area contributed by atoms with Crippen LogP contribution < -0.4 is 0 Å². The van der Waals surface area contributed by atoms with Crippen LogP contribution in [0.4, 0.5) is 0 Å². The van der Waals surface area contributed by atoms with Gasteiger partial charge in [0.15, 0.2) is 6.10 Å². The molecule has 0 radical (unpaired) electrons. The molecule has 1 fully saturated rings. The lowest BCUT2D eigenvalue weighted by Gasteiger charge is -2.31. The first-order valence-corrected chi connectivity index (χ1v) is 3.42. The second-order valence-electron chi connectivity index (χ2n) is 2.62. The standard InChI is InChI=1S/C6H8O7/c7-1-2(8)4(5(10)11)13-6(12)3(1)9/h1-4,7-9H,(H,10,11)/t1?,2-,3?,4?/m0/s1. The highest BCUT2D eigenvalue weighted by atomic mass is 16.6. The summed E-state index contributed by atoms with van der Waals surface area (Å²) in [6.45, 7) is 0. The molecule has 3 unspecified atom stereocenters. The van der Waals surface area contributed by atoms with Gasteiger partial charge in [0.05, 0.1) is 0 Å². The van der Waals surface area contributed by atoms with E-state index >= 15 is 0 Å². The molecule has 4 atom stereocenters. The van der Waals surface area contributed by atoms with Crippen molar-refractivity contribution in [1.82, 2.24) is 0 Å². The molecule has 0 aliphatic carbocycles. The first kappa shape index (κ1) is 9.90. The van der Waals surface area contributed by atoms with Crippen molar-refractivity contribution in [3.05, 3.63) is 0 Å². The van der Waals surface area contributed by atoms with Crippen molar-refractivity contribution in [2.75, 3.05) is 0 Å². The van der Waals surface area contributed by atoms with Crippen molar-refractivity contribution in [1.29, 1.82) is 0 Å². The Balaban J connectivity index is 2.82. The van der Waals surface area contributed by atoms with Crippen LogP contribution in [-0.4, -0.2) is 56.8 Å². The van der Waals surface area contributed by atoms with E-state index in [9.17, 15) is 9.59 Å². The van der Waals surface area contributed by atoms with Gasteiger partial charge in [-0.25, -0.2) is 9.59 Å². The van der Waals surface area contributed by atoms with E-state index in [1.807, 2.05) is 0 Å². The van der Waals surface area contributed by atoms with E-state index in [2.05, 4.69) is 4.74 Å². The number of ether oxygens (including phenoxy) is 1. The minimum atomic E-state index is -1.90. The number of rotatable bonds is 1. The second kappa shape index (κ2) is 3.29. The highest BCUT2D eigenvalue weighted by molar-refractivity contribution is 5.83. The number of aliphatic hydroxyl groups is 3. The van der Waals surface area contributed by atoms with Crippen molar-refractivity contribution >= 4 is 11.9 Å². The predicted octanol–water partition coefficient (Wildman–Crippen LogP) is -2.92. The van der Waals surface area contributed by atoms with Crippen molar-refractivity contribution in [3.63, 3.8) is 0 Å². The molecule has 1 aliphatic heterocycles. The molecule has 74 valence electrons. The summed E-state index contributed by atoms with van der Waals surface area (Å²) in [5.74, 6) is -2.84. The van der Waals surface area contributed by atoms with E-state index in [0.717, 1.165) is 0 Å². The maximum Gasteiger partial charge on any atom is 0.347 e. The topological polar surface area (TPSA) is 124 Å². The fraction of sp³-hybridized carbons (Fsp3) is 0.667. The normalized spacial score (nSPS) is 39.8. The van der Waals surface area contributed by atoms with Crippen LogP contribution in [-0.2, 0) is 14.3 Å². The maximum atomic E-state index is 10.7. The van der Waals surface area contributed by atoms with Gasteiger partial charge < -0.3 is 25.2 Å². The lowest BCUT2D eigenvalue weighted by molar-refractivity contribution is -0.209. The summed E-state index contributed by atoms with van der Waals surface area (Å²) in [5.41, 5.74) is 0. The summed E-state index contributed by atoms with van der Waals surface area (Å²) in [5, 5.41) is 35.2. The lowest BCUT2D eigenvalue weighted by atomic mass is 10.00. The Morgan fingerprint density at radius 1 is 1.23 bits per heavy atom. The molecule has 7 heteroatoms. The molecule has 0 aromatic carbocycles. The molecule has 1 rings (SSSR count). The number of esters is 1. The zero-order chi connectivity index (χ0) is 10.2. The third kappa shape index (κ3) is 1.62. The van der Waals surface area contributed by atoms with E-state index in [1.54, 1.807) is 0 Å². The largest absolute Gasteiger partial charge is 0.478 e. The van der Waals surface area contributed by atoms with Crippen molar-refractivity contribution < 1.29 is 34.8 Å². The number of aliphatic carboxylic acids is 1. The van der Waals surface area contributed by atoms with Gasteiger partial charge >= 0.3 is 11.9 Å². The van der Waals surface area contributed by atoms with Crippen molar-refractivity contribution in [2.45, 2.75) is 24.4 Å². The molecule has 0 spiro atoms. The highest BCUT2D eigenvalue weighted by Gasteiger charge is 2.46. The van der Waals surface area contributed by atoms with E-state index < -0.39 is 36.4 Å². The Bertz CT molecular complexity index is 237. The fourth-order valence-corrected chi connectivity index (χ4v) is 0.966. The Morgan fingerprint density at radius 2 is 1.77 bits per heavy atom. The number of aliphatic hydroxyl groups excluding tert-OH is 3. The molecular formula is C6H8O7. The van der Waals surface area contributed by atoms with Gasteiger partial charge in [-0.2, -0.15) is 0 Å². The quantitative estimate of drug-likeness (QED) is 0.328. The molecule has 0 amide bonds. The van der Waals surface area contributed by atoms with E-state index in [4.69, 9.17) is 20.4 Å². The van der Waals surface area contributed by atoms with Gasteiger partial charge in [0, 0.05) is 0 Å². The second-order valence-corrected chi connectivity index (χ2v) is 2.62. The molecule has 0 aromatic heterocycles. The molecule has 7 nitrogen and oxygen atoms in total. The van der Waals surface area contributed by atoms with Gasteiger partial charge in [-0.3, -0.25) is 0 Å². The minimum Gasteiger partial charge on any atom is -0.478 e. The SMILES string of the molecule is O=C1OC(C(=O)O)[C@@H](O)C(O)C1O. The number of hydrogen-bond acceptors (Lipinski definition) is 6. The first-order chi connectivity index (χ1) is 5.95. The van der Waals surface area contributed by atoms with Crippen LogP contribution in [0.1, 0.15) is 0 Å². The third-order valence-electron chi connectivity index (χ3n) is 1.71. The van der Waals surface area contributed by atoms with Crippen LogP contribution in [0.3, 0.4) is 0 Å². The lowest BCUT2D eigenvalue weighted by Crippen LogP contribution is -2.57. The average Bonchev–Trinajstić information content (AvgIpc) is 2.07. The van der Waals surface area contributed by atoms with Crippen LogP contribution >= 0.6 is 0 Å². The summed E-state index contributed by atoms with van der Waals surface area (Å²) < 4.78 is 4.14. The Hall–Kier alpha value is -1.18. The number of carbonyl (C=O) groups is 2. The van der Waals surface area contributed by atoms with Crippen molar-refractivity contribution in [3.8, 4) is 0 Å². The zero-order valence-corrected chi connectivity index (χ0v) is 6.32. The first-order valence-electron chi connectivity index (χ1n) is 3.42. The molecule has 13 heavy (non-hydrogen) atoms. The molecule has 4 N–H and O–H groups in total. The number of carboxylic acid groups (broad SMARTS) is 1. The Morgan fingerprint density at radius 3 is 2.23 bits per heavy atom. The summed E-state index contributed by atoms with van der Waals surface area (Å²) in [7, 11) is 0. The third-order valence-corrected chi connectivity index (χ3v) is 1.71. The Labute approximate surface area is 72.2 Å². The number of carboxylic acids is 1. The van der Waals surface area contributed by atoms with Gasteiger partial charge in [-0.05, 0) is 0 Å². The van der Waals surface area contributed by atoms with Crippen LogP contribution in [0.25, 0.3) is 0 Å². The van der Waals surface area contributed by atoms with Gasteiger partial charge in [0.1, 0.15) is 12.2 Å². The molecule has 0 saturated carbocycles.